The fourth-order valence-electron chi connectivity index (χ4n) is 4.98. The smallest absolute Gasteiger partial charge is 0.411 e. The molecule has 4 atom stereocenters. The lowest BCUT2D eigenvalue weighted by Gasteiger charge is -2.47. The van der Waals surface area contributed by atoms with Gasteiger partial charge in [0.25, 0.3) is 0 Å². The van der Waals surface area contributed by atoms with Crippen molar-refractivity contribution in [2.75, 3.05) is 32.1 Å². The minimum absolute atomic E-state index is 0.343. The zero-order chi connectivity index (χ0) is 18.8. The molecule has 4 rings (SSSR count). The first-order chi connectivity index (χ1) is 13.1. The monoisotopic (exact) mass is 384 g/mol. The van der Waals surface area contributed by atoms with Gasteiger partial charge in [0.2, 0.25) is 0 Å². The number of hydrogen-bond acceptors (Lipinski definition) is 4. The van der Waals surface area contributed by atoms with Crippen LogP contribution in [0.2, 0.25) is 0 Å². The fourth-order valence-corrected chi connectivity index (χ4v) is 5.84. The Morgan fingerprint density at radius 3 is 2.85 bits per heavy atom. The molecule has 27 heavy (non-hydrogen) atoms. The zero-order valence-electron chi connectivity index (χ0n) is 16.1. The van der Waals surface area contributed by atoms with Crippen molar-refractivity contribution in [3.05, 3.63) is 41.8 Å². The molecule has 1 aliphatic carbocycles. The van der Waals surface area contributed by atoms with Crippen LogP contribution in [0.4, 0.5) is 10.5 Å². The van der Waals surface area contributed by atoms with Crippen molar-refractivity contribution in [2.45, 2.75) is 19.8 Å². The van der Waals surface area contributed by atoms with Gasteiger partial charge in [0.15, 0.2) is 0 Å². The first-order valence-electron chi connectivity index (χ1n) is 9.85. The summed E-state index contributed by atoms with van der Waals surface area (Å²) in [6.07, 6.45) is 2.19. The first kappa shape index (κ1) is 18.5. The number of rotatable bonds is 4. The Bertz CT molecular complexity index is 772. The molecule has 4 nitrogen and oxygen atoms in total. The summed E-state index contributed by atoms with van der Waals surface area (Å²) in [6.45, 7) is 5.18. The Labute approximate surface area is 165 Å². The number of nitrogens with zero attached hydrogens (tertiary/aromatic N) is 1. The minimum atomic E-state index is -0.343. The van der Waals surface area contributed by atoms with E-state index >= 15 is 0 Å². The van der Waals surface area contributed by atoms with Crippen LogP contribution in [0, 0.1) is 23.7 Å². The number of benzene rings is 1. The van der Waals surface area contributed by atoms with Gasteiger partial charge in [0, 0.05) is 13.1 Å². The predicted octanol–water partition coefficient (Wildman–Crippen LogP) is 5.19. The first-order valence-corrected chi connectivity index (χ1v) is 10.7. The summed E-state index contributed by atoms with van der Waals surface area (Å²) in [4.78, 5) is 15.9. The van der Waals surface area contributed by atoms with E-state index in [-0.39, 0.29) is 6.09 Å². The van der Waals surface area contributed by atoms with Crippen molar-refractivity contribution in [3.63, 3.8) is 0 Å². The predicted molar refractivity (Wildman–Crippen MR) is 111 cm³/mol. The van der Waals surface area contributed by atoms with Gasteiger partial charge in [0.05, 0.1) is 17.2 Å². The molecule has 1 aromatic carbocycles. The van der Waals surface area contributed by atoms with E-state index in [1.165, 1.54) is 19.4 Å². The number of thiophene rings is 1. The third-order valence-corrected chi connectivity index (χ3v) is 7.10. The molecule has 1 saturated heterocycles. The molecule has 2 aromatic rings. The maximum absolute atomic E-state index is 12.4. The fraction of sp³-hybridized carbons (Fsp3) is 0.500. The van der Waals surface area contributed by atoms with Crippen LogP contribution in [0.1, 0.15) is 19.8 Å². The molecule has 2 heterocycles. The van der Waals surface area contributed by atoms with Gasteiger partial charge in [-0.2, -0.15) is 0 Å². The number of nitrogens with one attached hydrogen (secondary N) is 1. The molecule has 1 aromatic heterocycles. The van der Waals surface area contributed by atoms with Gasteiger partial charge in [-0.15, -0.1) is 11.3 Å². The Morgan fingerprint density at radius 2 is 2.04 bits per heavy atom. The number of anilines is 1. The highest BCUT2D eigenvalue weighted by atomic mass is 32.1. The number of carbonyl (C=O) groups is 1. The second kappa shape index (κ2) is 8.03. The number of fused-ring (bicyclic) bond motifs is 2. The Hall–Kier alpha value is -1.85. The Kier molecular flexibility index (Phi) is 5.50. The minimum Gasteiger partial charge on any atom is -0.449 e. The van der Waals surface area contributed by atoms with Gasteiger partial charge in [-0.1, -0.05) is 37.3 Å². The average Bonchev–Trinajstić information content (AvgIpc) is 3.09. The second-order valence-corrected chi connectivity index (χ2v) is 9.13. The van der Waals surface area contributed by atoms with Crippen molar-refractivity contribution in [1.82, 2.24) is 4.90 Å². The highest BCUT2D eigenvalue weighted by Gasteiger charge is 2.40. The van der Waals surface area contributed by atoms with Crippen molar-refractivity contribution >= 4 is 23.1 Å². The molecule has 5 heteroatoms. The van der Waals surface area contributed by atoms with Crippen LogP contribution in [0.3, 0.4) is 0 Å². The second-order valence-electron chi connectivity index (χ2n) is 8.21. The van der Waals surface area contributed by atoms with Gasteiger partial charge in [-0.3, -0.25) is 5.32 Å². The lowest BCUT2D eigenvalue weighted by molar-refractivity contribution is -0.00319. The van der Waals surface area contributed by atoms with Crippen molar-refractivity contribution < 1.29 is 9.53 Å². The van der Waals surface area contributed by atoms with E-state index in [0.29, 0.717) is 24.4 Å². The molecule has 2 aliphatic rings. The molecular weight excluding hydrogens is 356 g/mol. The number of carbonyl (C=O) groups excluding carboxylic acids is 1. The van der Waals surface area contributed by atoms with Gasteiger partial charge < -0.3 is 9.64 Å². The van der Waals surface area contributed by atoms with E-state index in [9.17, 15) is 4.79 Å². The number of piperidine rings is 1. The lowest BCUT2D eigenvalue weighted by Crippen LogP contribution is -2.48. The average molecular weight is 385 g/mol. The summed E-state index contributed by atoms with van der Waals surface area (Å²) < 4.78 is 5.68. The maximum Gasteiger partial charge on any atom is 0.411 e. The topological polar surface area (TPSA) is 41.6 Å². The molecule has 1 N–H and O–H groups in total. The summed E-state index contributed by atoms with van der Waals surface area (Å²) in [5, 5.41) is 4.95. The largest absolute Gasteiger partial charge is 0.449 e. The molecule has 144 valence electrons. The summed E-state index contributed by atoms with van der Waals surface area (Å²) in [7, 11) is 2.21. The maximum atomic E-state index is 12.4. The van der Waals surface area contributed by atoms with E-state index in [4.69, 9.17) is 4.74 Å². The van der Waals surface area contributed by atoms with E-state index in [0.717, 1.165) is 28.6 Å². The third kappa shape index (κ3) is 4.19. The van der Waals surface area contributed by atoms with Gasteiger partial charge >= 0.3 is 6.09 Å². The Morgan fingerprint density at radius 1 is 1.22 bits per heavy atom. The molecule has 1 saturated carbocycles. The quantitative estimate of drug-likeness (QED) is 0.789. The van der Waals surface area contributed by atoms with Gasteiger partial charge in [-0.25, -0.2) is 4.79 Å². The summed E-state index contributed by atoms with van der Waals surface area (Å²) in [5.41, 5.74) is 1.94. The number of amides is 1. The van der Waals surface area contributed by atoms with Crippen molar-refractivity contribution in [1.29, 1.82) is 0 Å². The van der Waals surface area contributed by atoms with Gasteiger partial charge in [0.1, 0.15) is 0 Å². The molecule has 0 radical (unpaired) electrons. The summed E-state index contributed by atoms with van der Waals surface area (Å²) >= 11 is 1.63. The van der Waals surface area contributed by atoms with Crippen molar-refractivity contribution in [2.24, 2.45) is 23.7 Å². The summed E-state index contributed by atoms with van der Waals surface area (Å²) in [5.74, 6) is 2.54. The van der Waals surface area contributed by atoms with Crippen LogP contribution >= 0.6 is 11.3 Å². The molecule has 1 amide bonds. The number of likely N-dealkylation sites (tertiary alicyclic amines) is 1. The molecule has 2 bridgehead atoms. The van der Waals surface area contributed by atoms with Crippen LogP contribution in [-0.4, -0.2) is 37.7 Å². The molecule has 2 fully saturated rings. The van der Waals surface area contributed by atoms with Crippen LogP contribution < -0.4 is 5.32 Å². The Balaban J connectivity index is 1.36. The molecule has 0 unspecified atom stereocenters. The molecule has 1 aliphatic heterocycles. The molecule has 0 spiro atoms. The van der Waals surface area contributed by atoms with Crippen LogP contribution in [0.5, 0.6) is 0 Å². The van der Waals surface area contributed by atoms with Crippen molar-refractivity contribution in [3.8, 4) is 10.4 Å². The van der Waals surface area contributed by atoms with Crippen LogP contribution in [-0.2, 0) is 4.74 Å². The standard InChI is InChI=1S/C22H28N2O2S/c1-15-10-16-11-18(13-24(2)12-16)19(15)14-26-22(25)23-20-8-9-27-21(20)17-6-4-3-5-7-17/h3-9,15-16,18-19H,10-14H2,1-2H3,(H,23,25)/t15-,16+,18-,19+/m0/s1. The lowest BCUT2D eigenvalue weighted by atomic mass is 9.66. The van der Waals surface area contributed by atoms with E-state index in [1.807, 2.05) is 29.6 Å². The normalized spacial score (nSPS) is 27.9. The van der Waals surface area contributed by atoms with E-state index < -0.39 is 0 Å². The van der Waals surface area contributed by atoms with Crippen LogP contribution in [0.15, 0.2) is 41.8 Å². The highest BCUT2D eigenvalue weighted by Crippen LogP contribution is 2.41. The SMILES string of the molecule is C[C@H]1C[C@@H]2C[C@@H](CN(C)C2)[C@@H]1COC(=O)Nc1ccsc1-c1ccccc1. The number of ether oxygens (including phenoxy) is 1. The zero-order valence-corrected chi connectivity index (χ0v) is 16.9. The summed E-state index contributed by atoms with van der Waals surface area (Å²) in [6, 6.07) is 12.1. The number of hydrogen-bond donors (Lipinski definition) is 1. The third-order valence-electron chi connectivity index (χ3n) is 6.14. The highest BCUT2D eigenvalue weighted by molar-refractivity contribution is 7.14. The van der Waals surface area contributed by atoms with Crippen LogP contribution in [0.25, 0.3) is 10.4 Å². The van der Waals surface area contributed by atoms with Gasteiger partial charge in [-0.05, 0) is 60.6 Å². The molecular formula is C22H28N2O2S. The van der Waals surface area contributed by atoms with E-state index in [1.54, 1.807) is 11.3 Å². The van der Waals surface area contributed by atoms with E-state index in [2.05, 4.69) is 36.3 Å².